The second-order valence-corrected chi connectivity index (χ2v) is 7.23. The van der Waals surface area contributed by atoms with Gasteiger partial charge in [-0.3, -0.25) is 19.8 Å². The molecule has 0 spiro atoms. The van der Waals surface area contributed by atoms with Crippen LogP contribution in [0.1, 0.15) is 21.2 Å². The SMILES string of the molecule is O=C(Nc1ccc(NC(=O)c2nc(-c3ccccc3)n[nH]2)cc1)c1nc(-c2ccccc2)n[nH]1. The number of nitrogens with one attached hydrogen (secondary N) is 4. The molecule has 0 aliphatic rings. The highest BCUT2D eigenvalue weighted by molar-refractivity contribution is 6.03. The molecule has 0 radical (unpaired) electrons. The number of aromatic nitrogens is 6. The molecule has 0 aliphatic heterocycles. The maximum atomic E-state index is 12.5. The molecular weight excluding hydrogens is 432 g/mol. The van der Waals surface area contributed by atoms with Crippen molar-refractivity contribution in [2.45, 2.75) is 0 Å². The number of benzene rings is 3. The van der Waals surface area contributed by atoms with Gasteiger partial charge in [0.1, 0.15) is 0 Å². The third-order valence-electron chi connectivity index (χ3n) is 4.87. The van der Waals surface area contributed by atoms with E-state index >= 15 is 0 Å². The molecule has 2 heterocycles. The van der Waals surface area contributed by atoms with Crippen molar-refractivity contribution in [2.75, 3.05) is 10.6 Å². The predicted molar refractivity (Wildman–Crippen MR) is 126 cm³/mol. The lowest BCUT2D eigenvalue weighted by atomic mass is 10.2. The van der Waals surface area contributed by atoms with Gasteiger partial charge in [0.05, 0.1) is 0 Å². The summed E-state index contributed by atoms with van der Waals surface area (Å²) < 4.78 is 0. The van der Waals surface area contributed by atoms with Gasteiger partial charge in [0.15, 0.2) is 11.6 Å². The molecule has 2 amide bonds. The van der Waals surface area contributed by atoms with Gasteiger partial charge in [-0.25, -0.2) is 9.97 Å². The van der Waals surface area contributed by atoms with Gasteiger partial charge in [-0.2, -0.15) is 10.2 Å². The van der Waals surface area contributed by atoms with E-state index in [4.69, 9.17) is 0 Å². The number of rotatable bonds is 6. The smallest absolute Gasteiger partial charge is 0.293 e. The fraction of sp³-hybridized carbons (Fsp3) is 0. The van der Waals surface area contributed by atoms with Crippen LogP contribution in [0.15, 0.2) is 84.9 Å². The first-order valence-electron chi connectivity index (χ1n) is 10.3. The maximum Gasteiger partial charge on any atom is 0.293 e. The Hall–Kier alpha value is -5.12. The zero-order valence-corrected chi connectivity index (χ0v) is 17.7. The van der Waals surface area contributed by atoms with E-state index in [9.17, 15) is 9.59 Å². The second-order valence-electron chi connectivity index (χ2n) is 7.23. The minimum absolute atomic E-state index is 0.0933. The van der Waals surface area contributed by atoms with Crippen molar-refractivity contribution in [1.82, 2.24) is 30.4 Å². The Kier molecular flexibility index (Phi) is 5.60. The van der Waals surface area contributed by atoms with Crippen molar-refractivity contribution >= 4 is 23.2 Å². The summed E-state index contributed by atoms with van der Waals surface area (Å²) in [7, 11) is 0. The monoisotopic (exact) mass is 450 g/mol. The third kappa shape index (κ3) is 4.55. The van der Waals surface area contributed by atoms with Crippen molar-refractivity contribution < 1.29 is 9.59 Å². The largest absolute Gasteiger partial charge is 0.319 e. The third-order valence-corrected chi connectivity index (χ3v) is 4.87. The lowest BCUT2D eigenvalue weighted by Gasteiger charge is -2.06. The summed E-state index contributed by atoms with van der Waals surface area (Å²) in [5, 5.41) is 19.0. The molecule has 166 valence electrons. The predicted octanol–water partition coefficient (Wildman–Crippen LogP) is 3.76. The minimum Gasteiger partial charge on any atom is -0.319 e. The zero-order chi connectivity index (χ0) is 23.3. The molecule has 10 nitrogen and oxygen atoms in total. The van der Waals surface area contributed by atoms with Crippen LogP contribution >= 0.6 is 0 Å². The quantitative estimate of drug-likeness (QED) is 0.310. The van der Waals surface area contributed by atoms with Crippen LogP contribution in [0.3, 0.4) is 0 Å². The van der Waals surface area contributed by atoms with Crippen LogP contribution in [0.4, 0.5) is 11.4 Å². The number of nitrogens with zero attached hydrogens (tertiary/aromatic N) is 4. The number of aromatic amines is 2. The van der Waals surface area contributed by atoms with Crippen LogP contribution in [0, 0.1) is 0 Å². The molecule has 4 N–H and O–H groups in total. The van der Waals surface area contributed by atoms with Crippen LogP contribution in [0.5, 0.6) is 0 Å². The highest BCUT2D eigenvalue weighted by Gasteiger charge is 2.15. The molecule has 5 rings (SSSR count). The summed E-state index contributed by atoms with van der Waals surface area (Å²) in [6.45, 7) is 0. The number of amides is 2. The number of hydrogen-bond donors (Lipinski definition) is 4. The molecule has 0 atom stereocenters. The first-order valence-corrected chi connectivity index (χ1v) is 10.3. The first-order chi connectivity index (χ1) is 16.7. The van der Waals surface area contributed by atoms with E-state index < -0.39 is 11.8 Å². The standard InChI is InChI=1S/C24H18N8O2/c33-23(21-27-19(29-31-21)15-7-3-1-4-8-15)25-17-11-13-18(14-12-17)26-24(34)22-28-20(30-32-22)16-9-5-2-6-10-16/h1-14H,(H,25,33)(H,26,34)(H,27,29,31)(H,28,30,32). The molecule has 5 aromatic rings. The van der Waals surface area contributed by atoms with Crippen LogP contribution in [0.2, 0.25) is 0 Å². The van der Waals surface area contributed by atoms with Gasteiger partial charge in [0, 0.05) is 22.5 Å². The number of H-pyrrole nitrogens is 2. The van der Waals surface area contributed by atoms with Crippen LogP contribution in [-0.4, -0.2) is 42.2 Å². The number of carbonyl (C=O) groups is 2. The van der Waals surface area contributed by atoms with E-state index in [2.05, 4.69) is 41.0 Å². The zero-order valence-electron chi connectivity index (χ0n) is 17.7. The summed E-state index contributed by atoms with van der Waals surface area (Å²) >= 11 is 0. The van der Waals surface area contributed by atoms with Crippen molar-refractivity contribution in [3.63, 3.8) is 0 Å². The van der Waals surface area contributed by atoms with E-state index in [1.54, 1.807) is 24.3 Å². The summed E-state index contributed by atoms with van der Waals surface area (Å²) in [5.41, 5.74) is 2.68. The fourth-order valence-corrected chi connectivity index (χ4v) is 3.18. The van der Waals surface area contributed by atoms with E-state index in [1.807, 2.05) is 60.7 Å². The highest BCUT2D eigenvalue weighted by Crippen LogP contribution is 2.17. The van der Waals surface area contributed by atoms with Crippen LogP contribution in [0.25, 0.3) is 22.8 Å². The van der Waals surface area contributed by atoms with E-state index in [1.165, 1.54) is 0 Å². The van der Waals surface area contributed by atoms with Gasteiger partial charge in [0.2, 0.25) is 11.6 Å². The molecule has 0 fully saturated rings. The van der Waals surface area contributed by atoms with Gasteiger partial charge in [-0.05, 0) is 24.3 Å². The van der Waals surface area contributed by atoms with Crippen LogP contribution in [-0.2, 0) is 0 Å². The molecule has 0 aliphatic carbocycles. The van der Waals surface area contributed by atoms with Crippen molar-refractivity contribution in [2.24, 2.45) is 0 Å². The van der Waals surface area contributed by atoms with Gasteiger partial charge in [-0.1, -0.05) is 60.7 Å². The maximum absolute atomic E-state index is 12.5. The van der Waals surface area contributed by atoms with Gasteiger partial charge >= 0.3 is 0 Å². The molecule has 34 heavy (non-hydrogen) atoms. The van der Waals surface area contributed by atoms with Gasteiger partial charge in [-0.15, -0.1) is 0 Å². The second kappa shape index (κ2) is 9.17. The molecule has 3 aromatic carbocycles. The van der Waals surface area contributed by atoms with E-state index in [0.717, 1.165) is 11.1 Å². The molecule has 0 unspecified atom stereocenters. The Balaban J connectivity index is 1.20. The highest BCUT2D eigenvalue weighted by atomic mass is 16.2. The average Bonchev–Trinajstić information content (AvgIpc) is 3.57. The number of hydrogen-bond acceptors (Lipinski definition) is 6. The molecule has 10 heteroatoms. The lowest BCUT2D eigenvalue weighted by Crippen LogP contribution is -2.15. The summed E-state index contributed by atoms with van der Waals surface area (Å²) in [6, 6.07) is 25.4. The Labute approximate surface area is 193 Å². The van der Waals surface area contributed by atoms with Crippen LogP contribution < -0.4 is 10.6 Å². The molecule has 0 saturated carbocycles. The number of carbonyl (C=O) groups excluding carboxylic acids is 2. The topological polar surface area (TPSA) is 141 Å². The molecule has 0 bridgehead atoms. The van der Waals surface area contributed by atoms with Gasteiger partial charge < -0.3 is 10.6 Å². The average molecular weight is 450 g/mol. The molecule has 0 saturated heterocycles. The fourth-order valence-electron chi connectivity index (χ4n) is 3.18. The van der Waals surface area contributed by atoms with Crippen molar-refractivity contribution in [1.29, 1.82) is 0 Å². The molecular formula is C24H18N8O2. The summed E-state index contributed by atoms with van der Waals surface area (Å²) in [5.74, 6) is 0.202. The Morgan fingerprint density at radius 1 is 0.559 bits per heavy atom. The summed E-state index contributed by atoms with van der Waals surface area (Å²) in [6.07, 6.45) is 0. The molecule has 2 aromatic heterocycles. The Morgan fingerprint density at radius 2 is 0.941 bits per heavy atom. The number of anilines is 2. The Morgan fingerprint density at radius 3 is 1.32 bits per heavy atom. The normalized spacial score (nSPS) is 10.6. The first kappa shape index (κ1) is 20.8. The summed E-state index contributed by atoms with van der Waals surface area (Å²) in [4.78, 5) is 33.5. The lowest BCUT2D eigenvalue weighted by molar-refractivity contribution is 0.100. The van der Waals surface area contributed by atoms with E-state index in [0.29, 0.717) is 23.0 Å². The van der Waals surface area contributed by atoms with Gasteiger partial charge in [0.25, 0.3) is 11.8 Å². The van der Waals surface area contributed by atoms with E-state index in [-0.39, 0.29) is 11.6 Å². The van der Waals surface area contributed by atoms with Crippen molar-refractivity contribution in [3.05, 3.63) is 96.6 Å². The minimum atomic E-state index is -0.429. The van der Waals surface area contributed by atoms with Crippen molar-refractivity contribution in [3.8, 4) is 22.8 Å². The Bertz CT molecular complexity index is 1320.